The molecule has 0 aromatic carbocycles. The summed E-state index contributed by atoms with van der Waals surface area (Å²) in [6, 6.07) is 2.13. The second kappa shape index (κ2) is 5.06. The van der Waals surface area contributed by atoms with Gasteiger partial charge in [-0.1, -0.05) is 0 Å². The maximum Gasteiger partial charge on any atom is 0.237 e. The van der Waals surface area contributed by atoms with E-state index < -0.39 is 0 Å². The average Bonchev–Trinajstić information content (AvgIpc) is 3.04. The highest BCUT2D eigenvalue weighted by Gasteiger charge is 2.25. The Kier molecular flexibility index (Phi) is 3.28. The lowest BCUT2D eigenvalue weighted by molar-refractivity contribution is -0.122. The summed E-state index contributed by atoms with van der Waals surface area (Å²) in [4.78, 5) is 16.0. The number of aromatic nitrogens is 1. The molecule has 0 saturated carbocycles. The Labute approximate surface area is 107 Å². The summed E-state index contributed by atoms with van der Waals surface area (Å²) in [7, 11) is 0. The molecule has 0 spiro atoms. The fourth-order valence-electron chi connectivity index (χ4n) is 2.95. The van der Waals surface area contributed by atoms with Gasteiger partial charge in [-0.3, -0.25) is 9.78 Å². The van der Waals surface area contributed by atoms with E-state index >= 15 is 0 Å². The molecule has 0 bridgehead atoms. The molecule has 1 amide bonds. The highest BCUT2D eigenvalue weighted by atomic mass is 16.2. The van der Waals surface area contributed by atoms with Crippen LogP contribution in [0.3, 0.4) is 0 Å². The van der Waals surface area contributed by atoms with Crippen molar-refractivity contribution in [1.82, 2.24) is 15.6 Å². The van der Waals surface area contributed by atoms with Crippen LogP contribution in [0, 0.1) is 5.92 Å². The first-order chi connectivity index (χ1) is 8.83. The number of carbonyl (C=O) groups excluding carboxylic acids is 1. The molecule has 1 fully saturated rings. The van der Waals surface area contributed by atoms with E-state index in [4.69, 9.17) is 0 Å². The lowest BCUT2D eigenvalue weighted by atomic mass is 10.1. The number of nitrogens with one attached hydrogen (secondary N) is 2. The minimum absolute atomic E-state index is 0.0374. The monoisotopic (exact) mass is 245 g/mol. The summed E-state index contributed by atoms with van der Waals surface area (Å²) >= 11 is 0. The predicted octanol–water partition coefficient (Wildman–Crippen LogP) is 0.665. The molecular formula is C14H19N3O. The second-order valence-corrected chi connectivity index (χ2v) is 5.31. The zero-order valence-electron chi connectivity index (χ0n) is 10.5. The smallest absolute Gasteiger partial charge is 0.237 e. The van der Waals surface area contributed by atoms with Crippen LogP contribution in [0.1, 0.15) is 24.0 Å². The summed E-state index contributed by atoms with van der Waals surface area (Å²) in [5.41, 5.74) is 2.74. The van der Waals surface area contributed by atoms with Crippen LogP contribution >= 0.6 is 0 Å². The van der Waals surface area contributed by atoms with Gasteiger partial charge in [0.05, 0.1) is 6.04 Å². The number of carbonyl (C=O) groups is 1. The maximum atomic E-state index is 11.9. The molecule has 1 aromatic rings. The number of pyridine rings is 1. The van der Waals surface area contributed by atoms with Gasteiger partial charge in [-0.15, -0.1) is 0 Å². The first-order valence-electron chi connectivity index (χ1n) is 6.76. The third kappa shape index (κ3) is 2.38. The largest absolute Gasteiger partial charge is 0.354 e. The molecule has 1 aliphatic carbocycles. The van der Waals surface area contributed by atoms with E-state index in [-0.39, 0.29) is 11.9 Å². The van der Waals surface area contributed by atoms with Crippen LogP contribution in [-0.4, -0.2) is 30.0 Å². The molecule has 3 rings (SSSR count). The number of hydrogen-bond acceptors (Lipinski definition) is 3. The van der Waals surface area contributed by atoms with Crippen LogP contribution in [0.4, 0.5) is 0 Å². The summed E-state index contributed by atoms with van der Waals surface area (Å²) in [5.74, 6) is 0.705. The molecule has 18 heavy (non-hydrogen) atoms. The molecule has 4 heteroatoms. The lowest BCUT2D eigenvalue weighted by Gasteiger charge is -2.14. The van der Waals surface area contributed by atoms with E-state index in [1.807, 2.05) is 12.4 Å². The minimum Gasteiger partial charge on any atom is -0.354 e. The molecule has 96 valence electrons. The van der Waals surface area contributed by atoms with Crippen LogP contribution in [0.2, 0.25) is 0 Å². The fraction of sp³-hybridized carbons (Fsp3) is 0.571. The normalized spacial score (nSPS) is 26.0. The van der Waals surface area contributed by atoms with Gasteiger partial charge in [0.25, 0.3) is 0 Å². The van der Waals surface area contributed by atoms with Crippen LogP contribution in [0.25, 0.3) is 0 Å². The summed E-state index contributed by atoms with van der Waals surface area (Å²) in [6.07, 6.45) is 8.00. The van der Waals surface area contributed by atoms with Crippen molar-refractivity contribution in [3.05, 3.63) is 29.6 Å². The van der Waals surface area contributed by atoms with E-state index in [9.17, 15) is 4.79 Å². The summed E-state index contributed by atoms with van der Waals surface area (Å²) in [6.45, 7) is 1.75. The number of nitrogens with zero attached hydrogens (tertiary/aromatic N) is 1. The number of amides is 1. The van der Waals surface area contributed by atoms with Gasteiger partial charge in [0.15, 0.2) is 0 Å². The van der Waals surface area contributed by atoms with E-state index in [1.165, 1.54) is 11.1 Å². The van der Waals surface area contributed by atoms with E-state index in [1.54, 1.807) is 0 Å². The Morgan fingerprint density at radius 3 is 3.11 bits per heavy atom. The number of fused-ring (bicyclic) bond motifs is 1. The minimum atomic E-state index is 0.0374. The highest BCUT2D eigenvalue weighted by Crippen LogP contribution is 2.25. The van der Waals surface area contributed by atoms with Crippen molar-refractivity contribution in [1.29, 1.82) is 0 Å². The summed E-state index contributed by atoms with van der Waals surface area (Å²) < 4.78 is 0. The molecule has 2 aliphatic rings. The zero-order valence-corrected chi connectivity index (χ0v) is 10.5. The van der Waals surface area contributed by atoms with Crippen LogP contribution < -0.4 is 10.6 Å². The Morgan fingerprint density at radius 1 is 1.44 bits per heavy atom. The van der Waals surface area contributed by atoms with E-state index in [0.717, 1.165) is 38.8 Å². The Morgan fingerprint density at radius 2 is 2.33 bits per heavy atom. The van der Waals surface area contributed by atoms with Gasteiger partial charge < -0.3 is 10.6 Å². The van der Waals surface area contributed by atoms with Crippen molar-refractivity contribution in [2.24, 2.45) is 5.92 Å². The van der Waals surface area contributed by atoms with Crippen molar-refractivity contribution < 1.29 is 4.79 Å². The second-order valence-electron chi connectivity index (χ2n) is 5.31. The first-order valence-corrected chi connectivity index (χ1v) is 6.76. The lowest BCUT2D eigenvalue weighted by Crippen LogP contribution is -2.42. The van der Waals surface area contributed by atoms with Crippen molar-refractivity contribution >= 4 is 5.91 Å². The van der Waals surface area contributed by atoms with Crippen molar-refractivity contribution in [2.75, 3.05) is 13.1 Å². The standard InChI is InChI=1S/C14H19N3O/c18-14(13-2-1-4-16-13)17-8-10-6-11-3-5-15-9-12(11)7-10/h3,5,9-10,13,16H,1-2,4,6-8H2,(H,17,18). The van der Waals surface area contributed by atoms with Gasteiger partial charge in [-0.2, -0.15) is 0 Å². The van der Waals surface area contributed by atoms with Crippen LogP contribution in [0.5, 0.6) is 0 Å². The molecule has 2 unspecified atom stereocenters. The Hall–Kier alpha value is -1.42. The molecule has 4 nitrogen and oxygen atoms in total. The van der Waals surface area contributed by atoms with Gasteiger partial charge in [-0.25, -0.2) is 0 Å². The van der Waals surface area contributed by atoms with Gasteiger partial charge >= 0.3 is 0 Å². The summed E-state index contributed by atoms with van der Waals surface area (Å²) in [5, 5.41) is 6.31. The quantitative estimate of drug-likeness (QED) is 0.822. The third-order valence-corrected chi connectivity index (χ3v) is 3.96. The van der Waals surface area contributed by atoms with Crippen molar-refractivity contribution in [2.45, 2.75) is 31.7 Å². The van der Waals surface area contributed by atoms with Crippen LogP contribution in [-0.2, 0) is 17.6 Å². The SMILES string of the molecule is O=C(NCC1Cc2ccncc2C1)C1CCCN1. The highest BCUT2D eigenvalue weighted by molar-refractivity contribution is 5.82. The third-order valence-electron chi connectivity index (χ3n) is 3.96. The predicted molar refractivity (Wildman–Crippen MR) is 69.2 cm³/mol. The van der Waals surface area contributed by atoms with Crippen molar-refractivity contribution in [3.63, 3.8) is 0 Å². The fourth-order valence-corrected chi connectivity index (χ4v) is 2.95. The molecule has 1 aromatic heterocycles. The average molecular weight is 245 g/mol. The zero-order chi connectivity index (χ0) is 12.4. The van der Waals surface area contributed by atoms with E-state index in [2.05, 4.69) is 21.7 Å². The molecular weight excluding hydrogens is 226 g/mol. The van der Waals surface area contributed by atoms with Gasteiger partial charge in [0.1, 0.15) is 0 Å². The maximum absolute atomic E-state index is 11.9. The van der Waals surface area contributed by atoms with Gasteiger partial charge in [0, 0.05) is 18.9 Å². The van der Waals surface area contributed by atoms with E-state index in [0.29, 0.717) is 5.92 Å². The molecule has 1 aliphatic heterocycles. The van der Waals surface area contributed by atoms with Gasteiger partial charge in [-0.05, 0) is 55.3 Å². The Balaban J connectivity index is 1.49. The molecule has 1 saturated heterocycles. The van der Waals surface area contributed by atoms with Gasteiger partial charge in [0.2, 0.25) is 5.91 Å². The molecule has 2 heterocycles. The van der Waals surface area contributed by atoms with Crippen LogP contribution in [0.15, 0.2) is 18.5 Å². The molecule has 0 radical (unpaired) electrons. The first kappa shape index (κ1) is 11.7. The topological polar surface area (TPSA) is 54.0 Å². The Bertz CT molecular complexity index is 415. The molecule has 2 N–H and O–H groups in total. The molecule has 2 atom stereocenters. The number of rotatable bonds is 3. The number of hydrogen-bond donors (Lipinski definition) is 2. The van der Waals surface area contributed by atoms with Crippen molar-refractivity contribution in [3.8, 4) is 0 Å².